The highest BCUT2D eigenvalue weighted by Gasteiger charge is 2.28. The third-order valence-corrected chi connectivity index (χ3v) is 4.27. The lowest BCUT2D eigenvalue weighted by molar-refractivity contribution is -0.126. The molecule has 0 unspecified atom stereocenters. The van der Waals surface area contributed by atoms with Gasteiger partial charge >= 0.3 is 0 Å². The Kier molecular flexibility index (Phi) is 4.93. The Labute approximate surface area is 139 Å². The van der Waals surface area contributed by atoms with Gasteiger partial charge in [0.15, 0.2) is 0 Å². The maximum absolute atomic E-state index is 13.7. The zero-order valence-electron chi connectivity index (χ0n) is 13.2. The molecule has 0 saturated carbocycles. The minimum Gasteiger partial charge on any atom is -0.467 e. The first kappa shape index (κ1) is 16.2. The van der Waals surface area contributed by atoms with Crippen molar-refractivity contribution in [2.45, 2.75) is 19.4 Å². The van der Waals surface area contributed by atoms with Gasteiger partial charge in [-0.15, -0.1) is 0 Å². The standard InChI is InChI=1S/C18H19FN2O3/c19-16-6-2-1-5-15(16)18(23)21-9-7-13(8-10-21)17(22)20-12-14-4-3-11-24-14/h1-6,11,13H,7-10,12H2,(H,20,22). The number of hydrogen-bond acceptors (Lipinski definition) is 3. The maximum Gasteiger partial charge on any atom is 0.256 e. The van der Waals surface area contributed by atoms with Gasteiger partial charge in [-0.1, -0.05) is 12.1 Å². The fraction of sp³-hybridized carbons (Fsp3) is 0.333. The Morgan fingerprint density at radius 2 is 1.92 bits per heavy atom. The number of carbonyl (C=O) groups excluding carboxylic acids is 2. The molecule has 0 spiro atoms. The van der Waals surface area contributed by atoms with Crippen LogP contribution >= 0.6 is 0 Å². The van der Waals surface area contributed by atoms with Crippen LogP contribution in [-0.4, -0.2) is 29.8 Å². The Morgan fingerprint density at radius 3 is 2.58 bits per heavy atom. The number of hydrogen-bond donors (Lipinski definition) is 1. The molecule has 3 rings (SSSR count). The highest BCUT2D eigenvalue weighted by molar-refractivity contribution is 5.94. The number of rotatable bonds is 4. The number of likely N-dealkylation sites (tertiary alicyclic amines) is 1. The molecule has 0 radical (unpaired) electrons. The summed E-state index contributed by atoms with van der Waals surface area (Å²) in [5.41, 5.74) is 0.0817. The molecule has 0 aliphatic carbocycles. The van der Waals surface area contributed by atoms with Crippen LogP contribution in [0.1, 0.15) is 29.0 Å². The fourth-order valence-electron chi connectivity index (χ4n) is 2.88. The number of nitrogens with one attached hydrogen (secondary N) is 1. The van der Waals surface area contributed by atoms with Crippen molar-refractivity contribution >= 4 is 11.8 Å². The third kappa shape index (κ3) is 3.64. The number of amides is 2. The molecule has 1 aliphatic heterocycles. The Bertz CT molecular complexity index is 707. The summed E-state index contributed by atoms with van der Waals surface area (Å²) in [4.78, 5) is 26.1. The molecule has 6 heteroatoms. The van der Waals surface area contributed by atoms with Gasteiger partial charge in [0.05, 0.1) is 18.4 Å². The molecule has 0 atom stereocenters. The van der Waals surface area contributed by atoms with E-state index >= 15 is 0 Å². The predicted molar refractivity (Wildman–Crippen MR) is 85.6 cm³/mol. The van der Waals surface area contributed by atoms with Crippen molar-refractivity contribution < 1.29 is 18.4 Å². The van der Waals surface area contributed by atoms with Gasteiger partial charge in [-0.05, 0) is 37.1 Å². The van der Waals surface area contributed by atoms with E-state index in [2.05, 4.69) is 5.32 Å². The van der Waals surface area contributed by atoms with E-state index in [4.69, 9.17) is 4.42 Å². The first-order valence-corrected chi connectivity index (χ1v) is 7.99. The van der Waals surface area contributed by atoms with Crippen LogP contribution in [0.25, 0.3) is 0 Å². The first-order valence-electron chi connectivity index (χ1n) is 7.99. The largest absolute Gasteiger partial charge is 0.467 e. The summed E-state index contributed by atoms with van der Waals surface area (Å²) < 4.78 is 18.9. The second-order valence-corrected chi connectivity index (χ2v) is 5.84. The molecule has 1 N–H and O–H groups in total. The van der Waals surface area contributed by atoms with Gasteiger partial charge in [0.1, 0.15) is 11.6 Å². The summed E-state index contributed by atoms with van der Waals surface area (Å²) in [5, 5.41) is 2.84. The quantitative estimate of drug-likeness (QED) is 0.937. The average molecular weight is 330 g/mol. The minimum absolute atomic E-state index is 0.0376. The maximum atomic E-state index is 13.7. The van der Waals surface area contributed by atoms with E-state index in [-0.39, 0.29) is 23.3 Å². The molecule has 24 heavy (non-hydrogen) atoms. The van der Waals surface area contributed by atoms with Crippen LogP contribution in [0.2, 0.25) is 0 Å². The number of carbonyl (C=O) groups is 2. The Hall–Kier alpha value is -2.63. The lowest BCUT2D eigenvalue weighted by atomic mass is 9.95. The molecule has 1 aromatic heterocycles. The Morgan fingerprint density at radius 1 is 1.17 bits per heavy atom. The molecule has 2 aromatic rings. The number of halogens is 1. The number of benzene rings is 1. The summed E-state index contributed by atoms with van der Waals surface area (Å²) in [6, 6.07) is 9.54. The monoisotopic (exact) mass is 330 g/mol. The van der Waals surface area contributed by atoms with Gasteiger partial charge in [0.2, 0.25) is 5.91 Å². The highest BCUT2D eigenvalue weighted by Crippen LogP contribution is 2.20. The molecular formula is C18H19FN2O3. The summed E-state index contributed by atoms with van der Waals surface area (Å²) in [6.07, 6.45) is 2.71. The molecule has 1 fully saturated rings. The van der Waals surface area contributed by atoms with Crippen LogP contribution in [0.5, 0.6) is 0 Å². The van der Waals surface area contributed by atoms with E-state index < -0.39 is 5.82 Å². The Balaban J connectivity index is 1.51. The van der Waals surface area contributed by atoms with Crippen LogP contribution < -0.4 is 5.32 Å². The van der Waals surface area contributed by atoms with E-state index in [1.54, 1.807) is 35.4 Å². The van der Waals surface area contributed by atoms with Crippen molar-refractivity contribution in [3.8, 4) is 0 Å². The van der Waals surface area contributed by atoms with Gasteiger partial charge in [-0.25, -0.2) is 4.39 Å². The van der Waals surface area contributed by atoms with Gasteiger partial charge < -0.3 is 14.6 Å². The molecule has 0 bridgehead atoms. The highest BCUT2D eigenvalue weighted by atomic mass is 19.1. The van der Waals surface area contributed by atoms with Crippen LogP contribution in [0.3, 0.4) is 0 Å². The van der Waals surface area contributed by atoms with Crippen LogP contribution in [-0.2, 0) is 11.3 Å². The molecule has 2 heterocycles. The molecule has 1 aliphatic rings. The summed E-state index contributed by atoms with van der Waals surface area (Å²) in [6.45, 7) is 1.26. The second kappa shape index (κ2) is 7.29. The molecule has 126 valence electrons. The van der Waals surface area contributed by atoms with Crippen molar-refractivity contribution in [2.75, 3.05) is 13.1 Å². The summed E-state index contributed by atoms with van der Waals surface area (Å²) in [7, 11) is 0. The predicted octanol–water partition coefficient (Wildman–Crippen LogP) is 2.59. The van der Waals surface area contributed by atoms with Crippen molar-refractivity contribution in [3.63, 3.8) is 0 Å². The van der Waals surface area contributed by atoms with Crippen molar-refractivity contribution in [3.05, 3.63) is 59.8 Å². The zero-order chi connectivity index (χ0) is 16.9. The summed E-state index contributed by atoms with van der Waals surface area (Å²) >= 11 is 0. The van der Waals surface area contributed by atoms with E-state index in [0.717, 1.165) is 0 Å². The van der Waals surface area contributed by atoms with Crippen LogP contribution in [0.15, 0.2) is 47.1 Å². The average Bonchev–Trinajstić information content (AvgIpc) is 3.13. The lowest BCUT2D eigenvalue weighted by Gasteiger charge is -2.31. The van der Waals surface area contributed by atoms with Gasteiger partial charge in [-0.3, -0.25) is 9.59 Å². The zero-order valence-corrected chi connectivity index (χ0v) is 13.2. The lowest BCUT2D eigenvalue weighted by Crippen LogP contribution is -2.43. The normalized spacial score (nSPS) is 15.3. The topological polar surface area (TPSA) is 62.6 Å². The smallest absolute Gasteiger partial charge is 0.256 e. The minimum atomic E-state index is -0.513. The van der Waals surface area contributed by atoms with E-state index in [9.17, 15) is 14.0 Å². The number of piperidine rings is 1. The van der Waals surface area contributed by atoms with Crippen molar-refractivity contribution in [1.82, 2.24) is 10.2 Å². The molecular weight excluding hydrogens is 311 g/mol. The first-order chi connectivity index (χ1) is 11.6. The van der Waals surface area contributed by atoms with Crippen molar-refractivity contribution in [2.24, 2.45) is 5.92 Å². The van der Waals surface area contributed by atoms with Gasteiger partial charge in [0, 0.05) is 19.0 Å². The van der Waals surface area contributed by atoms with Gasteiger partial charge in [0.25, 0.3) is 5.91 Å². The SMILES string of the molecule is O=C(NCc1ccco1)C1CCN(C(=O)c2ccccc2F)CC1. The van der Waals surface area contributed by atoms with Gasteiger partial charge in [-0.2, -0.15) is 0 Å². The second-order valence-electron chi connectivity index (χ2n) is 5.84. The molecule has 2 amide bonds. The van der Waals surface area contributed by atoms with Crippen molar-refractivity contribution in [1.29, 1.82) is 0 Å². The van der Waals surface area contributed by atoms with E-state index in [1.165, 1.54) is 12.1 Å². The van der Waals surface area contributed by atoms with Crippen LogP contribution in [0.4, 0.5) is 4.39 Å². The number of nitrogens with zero attached hydrogens (tertiary/aromatic N) is 1. The molecule has 5 nitrogen and oxygen atoms in total. The fourth-order valence-corrected chi connectivity index (χ4v) is 2.88. The molecule has 1 aromatic carbocycles. The number of furan rings is 1. The molecule has 1 saturated heterocycles. The summed E-state index contributed by atoms with van der Waals surface area (Å²) in [5.74, 6) is -0.298. The van der Waals surface area contributed by atoms with E-state index in [0.29, 0.717) is 38.2 Å². The third-order valence-electron chi connectivity index (χ3n) is 4.27. The van der Waals surface area contributed by atoms with Crippen LogP contribution in [0, 0.1) is 11.7 Å². The van der Waals surface area contributed by atoms with E-state index in [1.807, 2.05) is 0 Å².